The highest BCUT2D eigenvalue weighted by atomic mass is 35.5. The van der Waals surface area contributed by atoms with Gasteiger partial charge in [0.2, 0.25) is 0 Å². The number of carbonyl (C=O) groups excluding carboxylic acids is 1. The fraction of sp³-hybridized carbons (Fsp3) is 0.261. The van der Waals surface area contributed by atoms with Crippen molar-refractivity contribution in [3.8, 4) is 11.3 Å². The minimum Gasteiger partial charge on any atom is -0.441 e. The van der Waals surface area contributed by atoms with Crippen molar-refractivity contribution in [2.75, 3.05) is 6.54 Å². The van der Waals surface area contributed by atoms with Gasteiger partial charge in [-0.3, -0.25) is 9.48 Å². The number of carbonyl (C=O) groups is 1. The number of amides is 1. The average molecular weight is 455 g/mol. The highest BCUT2D eigenvalue weighted by molar-refractivity contribution is 6.35. The normalized spacial score (nSPS) is 16.0. The Bertz CT molecular complexity index is 1320. The molecule has 0 N–H and O–H groups in total. The molecule has 31 heavy (non-hydrogen) atoms. The minimum absolute atomic E-state index is 0.0490. The van der Waals surface area contributed by atoms with E-state index in [-0.39, 0.29) is 11.9 Å². The molecule has 0 saturated carbocycles. The van der Waals surface area contributed by atoms with Crippen LogP contribution in [0.15, 0.2) is 40.8 Å². The molecule has 0 fully saturated rings. The third kappa shape index (κ3) is 3.40. The van der Waals surface area contributed by atoms with E-state index in [9.17, 15) is 4.79 Å². The van der Waals surface area contributed by atoms with Gasteiger partial charge in [-0.15, -0.1) is 0 Å². The number of nitrogens with zero attached hydrogens (tertiary/aromatic N) is 4. The lowest BCUT2D eigenvalue weighted by molar-refractivity contribution is 0.0673. The molecule has 1 amide bonds. The van der Waals surface area contributed by atoms with Crippen molar-refractivity contribution in [2.45, 2.75) is 26.3 Å². The van der Waals surface area contributed by atoms with Gasteiger partial charge in [0.15, 0.2) is 11.5 Å². The molecular formula is C23H20Cl2N4O2. The Morgan fingerprint density at radius 1 is 1.16 bits per heavy atom. The van der Waals surface area contributed by atoms with E-state index in [1.54, 1.807) is 25.1 Å². The molecule has 0 saturated heterocycles. The van der Waals surface area contributed by atoms with Crippen LogP contribution in [-0.2, 0) is 13.5 Å². The van der Waals surface area contributed by atoms with Crippen LogP contribution in [0.3, 0.4) is 0 Å². The number of hydrogen-bond acceptors (Lipinski definition) is 4. The number of aryl methyl sites for hydroxylation is 2. The molecule has 5 rings (SSSR count). The number of hydrogen-bond donors (Lipinski definition) is 0. The lowest BCUT2D eigenvalue weighted by Gasteiger charge is -2.33. The molecular weight excluding hydrogens is 435 g/mol. The van der Waals surface area contributed by atoms with E-state index in [1.807, 2.05) is 41.8 Å². The summed E-state index contributed by atoms with van der Waals surface area (Å²) in [5.74, 6) is 0.532. The molecule has 0 bridgehead atoms. The van der Waals surface area contributed by atoms with E-state index in [0.29, 0.717) is 40.0 Å². The second-order valence-corrected chi connectivity index (χ2v) is 8.71. The van der Waals surface area contributed by atoms with Crippen LogP contribution < -0.4 is 0 Å². The first kappa shape index (κ1) is 20.1. The van der Waals surface area contributed by atoms with E-state index in [4.69, 9.17) is 32.7 Å². The van der Waals surface area contributed by atoms with Gasteiger partial charge in [0.25, 0.3) is 5.91 Å². The maximum Gasteiger partial charge on any atom is 0.254 e. The lowest BCUT2D eigenvalue weighted by Crippen LogP contribution is -2.38. The Morgan fingerprint density at radius 2 is 1.90 bits per heavy atom. The number of halogens is 2. The summed E-state index contributed by atoms with van der Waals surface area (Å²) in [7, 11) is 1.90. The Hall–Kier alpha value is -2.83. The molecule has 4 aromatic rings. The molecule has 1 aliphatic heterocycles. The SMILES string of the molecule is Cc1nc2ccc(C(=O)N3CCc4c(nn(C)c4-c4cc(Cl)cc(Cl)c4)[C@@H]3C)cc2o1. The third-order valence-corrected chi connectivity index (χ3v) is 6.22. The summed E-state index contributed by atoms with van der Waals surface area (Å²) in [4.78, 5) is 19.5. The molecule has 3 heterocycles. The monoisotopic (exact) mass is 454 g/mol. The fourth-order valence-corrected chi connectivity index (χ4v) is 4.94. The van der Waals surface area contributed by atoms with E-state index in [1.165, 1.54) is 0 Å². The second-order valence-electron chi connectivity index (χ2n) is 7.83. The van der Waals surface area contributed by atoms with Crippen LogP contribution in [0.2, 0.25) is 10.0 Å². The highest BCUT2D eigenvalue weighted by Gasteiger charge is 2.33. The largest absolute Gasteiger partial charge is 0.441 e. The van der Waals surface area contributed by atoms with Gasteiger partial charge in [0, 0.05) is 47.3 Å². The number of oxazole rings is 1. The van der Waals surface area contributed by atoms with Gasteiger partial charge in [0.1, 0.15) is 5.52 Å². The van der Waals surface area contributed by atoms with Crippen molar-refractivity contribution in [2.24, 2.45) is 7.05 Å². The van der Waals surface area contributed by atoms with Gasteiger partial charge in [-0.25, -0.2) is 4.98 Å². The first-order chi connectivity index (χ1) is 14.8. The summed E-state index contributed by atoms with van der Waals surface area (Å²) in [6.07, 6.45) is 0.697. The zero-order valence-electron chi connectivity index (χ0n) is 17.3. The molecule has 8 heteroatoms. The predicted octanol–water partition coefficient (Wildman–Crippen LogP) is 5.60. The van der Waals surface area contributed by atoms with Gasteiger partial charge in [-0.05, 0) is 49.7 Å². The van der Waals surface area contributed by atoms with Gasteiger partial charge in [0.05, 0.1) is 17.4 Å². The number of benzene rings is 2. The zero-order valence-corrected chi connectivity index (χ0v) is 18.8. The smallest absolute Gasteiger partial charge is 0.254 e. The molecule has 0 aliphatic carbocycles. The molecule has 0 spiro atoms. The molecule has 6 nitrogen and oxygen atoms in total. The van der Waals surface area contributed by atoms with Gasteiger partial charge < -0.3 is 9.32 Å². The Labute approximate surface area is 189 Å². The maximum absolute atomic E-state index is 13.3. The summed E-state index contributed by atoms with van der Waals surface area (Å²) in [6, 6.07) is 10.7. The van der Waals surface area contributed by atoms with Crippen molar-refractivity contribution in [1.82, 2.24) is 19.7 Å². The Morgan fingerprint density at radius 3 is 2.65 bits per heavy atom. The van der Waals surface area contributed by atoms with Crippen LogP contribution >= 0.6 is 23.2 Å². The van der Waals surface area contributed by atoms with E-state index < -0.39 is 0 Å². The summed E-state index contributed by atoms with van der Waals surface area (Å²) in [5.41, 5.74) is 5.87. The first-order valence-electron chi connectivity index (χ1n) is 10.0. The maximum atomic E-state index is 13.3. The van der Waals surface area contributed by atoms with E-state index in [0.717, 1.165) is 28.0 Å². The van der Waals surface area contributed by atoms with E-state index >= 15 is 0 Å². The summed E-state index contributed by atoms with van der Waals surface area (Å²) < 4.78 is 7.45. The highest BCUT2D eigenvalue weighted by Crippen LogP contribution is 2.37. The average Bonchev–Trinajstić information content (AvgIpc) is 3.25. The molecule has 0 radical (unpaired) electrons. The third-order valence-electron chi connectivity index (χ3n) is 5.78. The van der Waals surface area contributed by atoms with Crippen molar-refractivity contribution < 1.29 is 9.21 Å². The molecule has 2 aromatic carbocycles. The van der Waals surface area contributed by atoms with Crippen LogP contribution in [0.5, 0.6) is 0 Å². The molecule has 158 valence electrons. The number of fused-ring (bicyclic) bond motifs is 2. The molecule has 0 unspecified atom stereocenters. The van der Waals surface area contributed by atoms with Crippen LogP contribution in [0.25, 0.3) is 22.4 Å². The Balaban J connectivity index is 1.50. The predicted molar refractivity (Wildman–Crippen MR) is 121 cm³/mol. The molecule has 1 atom stereocenters. The summed E-state index contributed by atoms with van der Waals surface area (Å²) >= 11 is 12.5. The van der Waals surface area contributed by atoms with Crippen LogP contribution in [-0.4, -0.2) is 32.1 Å². The summed E-state index contributed by atoms with van der Waals surface area (Å²) in [6.45, 7) is 4.39. The van der Waals surface area contributed by atoms with Crippen molar-refractivity contribution in [3.63, 3.8) is 0 Å². The van der Waals surface area contributed by atoms with Gasteiger partial charge in [-0.2, -0.15) is 5.10 Å². The fourth-order valence-electron chi connectivity index (χ4n) is 4.41. The van der Waals surface area contributed by atoms with Crippen LogP contribution in [0.1, 0.15) is 40.5 Å². The topological polar surface area (TPSA) is 64.2 Å². The van der Waals surface area contributed by atoms with Gasteiger partial charge >= 0.3 is 0 Å². The number of rotatable bonds is 2. The molecule has 2 aromatic heterocycles. The standard InChI is InChI=1S/C23H20Cl2N4O2/c1-12-21-18(22(28(3)27-21)15-8-16(24)11-17(25)9-15)6-7-29(12)23(30)14-4-5-19-20(10-14)31-13(2)26-19/h4-5,8-12H,6-7H2,1-3H3/t12-/m0/s1. The number of aromatic nitrogens is 3. The van der Waals surface area contributed by atoms with Crippen molar-refractivity contribution in [1.29, 1.82) is 0 Å². The molecule has 1 aliphatic rings. The quantitative estimate of drug-likeness (QED) is 0.395. The van der Waals surface area contributed by atoms with Crippen LogP contribution in [0.4, 0.5) is 0 Å². The van der Waals surface area contributed by atoms with Crippen molar-refractivity contribution in [3.05, 3.63) is 69.2 Å². The second kappa shape index (κ2) is 7.39. The summed E-state index contributed by atoms with van der Waals surface area (Å²) in [5, 5.41) is 5.92. The minimum atomic E-state index is -0.169. The Kier molecular flexibility index (Phi) is 4.79. The lowest BCUT2D eigenvalue weighted by atomic mass is 9.95. The zero-order chi connectivity index (χ0) is 21.9. The first-order valence-corrected chi connectivity index (χ1v) is 10.8. The van der Waals surface area contributed by atoms with E-state index in [2.05, 4.69) is 4.98 Å². The van der Waals surface area contributed by atoms with Crippen molar-refractivity contribution >= 4 is 40.2 Å². The van der Waals surface area contributed by atoms with Crippen LogP contribution in [0, 0.1) is 6.92 Å². The van der Waals surface area contributed by atoms with Gasteiger partial charge in [-0.1, -0.05) is 23.2 Å².